The van der Waals surface area contributed by atoms with Gasteiger partial charge in [0.05, 0.1) is 11.2 Å². The Morgan fingerprint density at radius 2 is 1.81 bits per heavy atom. The number of hydrogen-bond acceptors (Lipinski definition) is 2. The van der Waals surface area contributed by atoms with Gasteiger partial charge in [0, 0.05) is 11.7 Å². The lowest BCUT2D eigenvalue weighted by atomic mass is 9.65. The predicted octanol–water partition coefficient (Wildman–Crippen LogP) is 7.94. The molecule has 0 radical (unpaired) electrons. The molecule has 3 aliphatic rings. The van der Waals surface area contributed by atoms with Crippen molar-refractivity contribution in [2.24, 2.45) is 11.8 Å². The van der Waals surface area contributed by atoms with Crippen molar-refractivity contribution in [3.8, 4) is 0 Å². The molecule has 32 heavy (non-hydrogen) atoms. The maximum Gasteiger partial charge on any atom is 0.465 e. The van der Waals surface area contributed by atoms with E-state index in [0.717, 1.165) is 43.3 Å². The molecule has 0 aromatic carbocycles. The van der Waals surface area contributed by atoms with E-state index in [1.54, 1.807) is 0 Å². The van der Waals surface area contributed by atoms with Crippen LogP contribution in [0.15, 0.2) is 85.1 Å². The molecule has 3 atom stereocenters. The van der Waals surface area contributed by atoms with E-state index >= 15 is 0 Å². The molecule has 3 heteroatoms. The summed E-state index contributed by atoms with van der Waals surface area (Å²) in [5, 5.41) is 0. The largest absolute Gasteiger partial charge is 0.465 e. The van der Waals surface area contributed by atoms with Crippen molar-refractivity contribution in [1.29, 1.82) is 0 Å². The fourth-order valence-corrected chi connectivity index (χ4v) is 4.87. The molecule has 1 fully saturated rings. The number of hydrogen-bond donors (Lipinski definition) is 0. The minimum absolute atomic E-state index is 0.193. The Balaban J connectivity index is 1.75. The third kappa shape index (κ3) is 5.21. The summed E-state index contributed by atoms with van der Waals surface area (Å²) in [6, 6.07) is 0. The summed E-state index contributed by atoms with van der Waals surface area (Å²) >= 11 is 0. The standard InChI is InChI=1S/C29H41BO2/c1-9-10-15-21(2)22(3)26-18-12-11-13-19-27(26)23(4)24-16-14-17-25(20-24)30-31-28(5,6)29(7,8)32-30/h9,12,14,16-18,25-27H,1-4,10-11,13,15,19-20H2,5-8H3/t25?,26?,27-/m1/s1. The van der Waals surface area contributed by atoms with Gasteiger partial charge < -0.3 is 9.31 Å². The van der Waals surface area contributed by atoms with Crippen LogP contribution >= 0.6 is 0 Å². The van der Waals surface area contributed by atoms with E-state index in [0.29, 0.717) is 5.92 Å². The van der Waals surface area contributed by atoms with Crippen LogP contribution in [0, 0.1) is 11.8 Å². The molecule has 2 aliphatic carbocycles. The molecule has 1 saturated heterocycles. The zero-order chi connectivity index (χ0) is 23.5. The lowest BCUT2D eigenvalue weighted by Crippen LogP contribution is -2.41. The van der Waals surface area contributed by atoms with Crippen LogP contribution in [0.1, 0.15) is 66.2 Å². The van der Waals surface area contributed by atoms with Gasteiger partial charge in [0.25, 0.3) is 0 Å². The van der Waals surface area contributed by atoms with Crippen molar-refractivity contribution in [3.05, 3.63) is 85.1 Å². The highest BCUT2D eigenvalue weighted by atomic mass is 16.7. The first-order chi connectivity index (χ1) is 15.1. The lowest BCUT2D eigenvalue weighted by Gasteiger charge is -2.32. The molecule has 2 nitrogen and oxygen atoms in total. The van der Waals surface area contributed by atoms with Gasteiger partial charge in [-0.1, -0.05) is 61.8 Å². The second kappa shape index (κ2) is 9.97. The minimum atomic E-state index is -0.315. The normalized spacial score (nSPS) is 28.7. The predicted molar refractivity (Wildman–Crippen MR) is 138 cm³/mol. The van der Waals surface area contributed by atoms with Gasteiger partial charge in [-0.15, -0.1) is 6.58 Å². The van der Waals surface area contributed by atoms with Gasteiger partial charge in [-0.05, 0) is 88.9 Å². The van der Waals surface area contributed by atoms with E-state index in [4.69, 9.17) is 9.31 Å². The van der Waals surface area contributed by atoms with Gasteiger partial charge in [0.15, 0.2) is 0 Å². The summed E-state index contributed by atoms with van der Waals surface area (Å²) in [7, 11) is -0.230. The van der Waals surface area contributed by atoms with E-state index in [-0.39, 0.29) is 30.1 Å². The zero-order valence-corrected chi connectivity index (χ0v) is 20.7. The molecule has 0 aromatic heterocycles. The number of rotatable bonds is 8. The third-order valence-corrected chi connectivity index (χ3v) is 7.76. The smallest absolute Gasteiger partial charge is 0.403 e. The van der Waals surface area contributed by atoms with Gasteiger partial charge in [-0.3, -0.25) is 0 Å². The number of allylic oxidation sites excluding steroid dienone is 10. The molecule has 0 amide bonds. The molecule has 0 N–H and O–H groups in total. The summed E-state index contributed by atoms with van der Waals surface area (Å²) < 4.78 is 12.7. The third-order valence-electron chi connectivity index (χ3n) is 7.76. The summed E-state index contributed by atoms with van der Waals surface area (Å²) in [5.41, 5.74) is 4.18. The molecule has 3 rings (SSSR count). The van der Waals surface area contributed by atoms with Gasteiger partial charge >= 0.3 is 7.12 Å². The van der Waals surface area contributed by atoms with E-state index in [1.807, 2.05) is 6.08 Å². The van der Waals surface area contributed by atoms with E-state index in [9.17, 15) is 0 Å². The van der Waals surface area contributed by atoms with Crippen molar-refractivity contribution >= 4 is 7.12 Å². The van der Waals surface area contributed by atoms with Crippen LogP contribution in [0.2, 0.25) is 5.82 Å². The van der Waals surface area contributed by atoms with Gasteiger partial charge in [0.2, 0.25) is 0 Å². The first kappa shape index (κ1) is 24.8. The Morgan fingerprint density at radius 1 is 1.12 bits per heavy atom. The Hall–Kier alpha value is -1.84. The second-order valence-corrected chi connectivity index (χ2v) is 10.5. The van der Waals surface area contributed by atoms with Crippen LogP contribution in [0.3, 0.4) is 0 Å². The quantitative estimate of drug-likeness (QED) is 0.220. The van der Waals surface area contributed by atoms with Crippen molar-refractivity contribution in [3.63, 3.8) is 0 Å². The highest BCUT2D eigenvalue weighted by Gasteiger charge is 2.53. The lowest BCUT2D eigenvalue weighted by molar-refractivity contribution is 0.00578. The van der Waals surface area contributed by atoms with Crippen LogP contribution in [0.4, 0.5) is 0 Å². The Kier molecular flexibility index (Phi) is 7.73. The summed E-state index contributed by atoms with van der Waals surface area (Å²) in [5.74, 6) is 0.793. The second-order valence-electron chi connectivity index (χ2n) is 10.5. The van der Waals surface area contributed by atoms with Gasteiger partial charge in [-0.25, -0.2) is 0 Å². The Morgan fingerprint density at radius 3 is 2.47 bits per heavy atom. The monoisotopic (exact) mass is 432 g/mol. The maximum atomic E-state index is 6.35. The molecule has 0 saturated carbocycles. The van der Waals surface area contributed by atoms with E-state index in [2.05, 4.69) is 84.4 Å². The zero-order valence-electron chi connectivity index (χ0n) is 20.7. The average molecular weight is 432 g/mol. The molecule has 172 valence electrons. The minimum Gasteiger partial charge on any atom is -0.403 e. The molecule has 0 aromatic rings. The fourth-order valence-electron chi connectivity index (χ4n) is 4.87. The summed E-state index contributed by atoms with van der Waals surface area (Å²) in [6.45, 7) is 25.7. The SMILES string of the molecule is C=CCCC(=C)C(=C)C1C=CCCC[C@@H]1C(=C)C1=CC=CC(B2OC(C)(C)C(C)(C)O2)C1. The van der Waals surface area contributed by atoms with Crippen LogP contribution in [0.5, 0.6) is 0 Å². The van der Waals surface area contributed by atoms with Gasteiger partial charge in [0.1, 0.15) is 0 Å². The van der Waals surface area contributed by atoms with E-state index < -0.39 is 0 Å². The van der Waals surface area contributed by atoms with Crippen molar-refractivity contribution < 1.29 is 9.31 Å². The molecule has 1 heterocycles. The highest BCUT2D eigenvalue weighted by molar-refractivity contribution is 6.48. The molecule has 2 unspecified atom stereocenters. The molecular formula is C29H41BO2. The molecule has 0 bridgehead atoms. The van der Waals surface area contributed by atoms with Gasteiger partial charge in [-0.2, -0.15) is 0 Å². The maximum absolute atomic E-state index is 6.35. The van der Waals surface area contributed by atoms with Crippen LogP contribution in [-0.4, -0.2) is 18.3 Å². The highest BCUT2D eigenvalue weighted by Crippen LogP contribution is 2.45. The first-order valence-corrected chi connectivity index (χ1v) is 12.1. The van der Waals surface area contributed by atoms with Crippen molar-refractivity contribution in [2.45, 2.75) is 83.2 Å². The van der Waals surface area contributed by atoms with Crippen LogP contribution in [-0.2, 0) is 9.31 Å². The molecule has 0 spiro atoms. The summed E-state index contributed by atoms with van der Waals surface area (Å²) in [6.07, 6.45) is 19.4. The Bertz CT molecular complexity index is 838. The Labute approximate surface area is 196 Å². The summed E-state index contributed by atoms with van der Waals surface area (Å²) in [4.78, 5) is 0. The average Bonchev–Trinajstić information content (AvgIpc) is 2.92. The first-order valence-electron chi connectivity index (χ1n) is 12.1. The van der Waals surface area contributed by atoms with Crippen molar-refractivity contribution in [2.75, 3.05) is 0 Å². The fraction of sp³-hybridized carbons (Fsp3) is 0.517. The van der Waals surface area contributed by atoms with E-state index in [1.165, 1.54) is 17.6 Å². The van der Waals surface area contributed by atoms with Crippen molar-refractivity contribution in [1.82, 2.24) is 0 Å². The topological polar surface area (TPSA) is 18.5 Å². The molecule has 1 aliphatic heterocycles. The van der Waals surface area contributed by atoms with Crippen LogP contribution < -0.4 is 0 Å². The van der Waals surface area contributed by atoms with Crippen LogP contribution in [0.25, 0.3) is 0 Å². The molecular weight excluding hydrogens is 391 g/mol.